The van der Waals surface area contributed by atoms with Crippen molar-refractivity contribution in [3.8, 4) is 0 Å². The quantitative estimate of drug-likeness (QED) is 0.735. The zero-order valence-corrected chi connectivity index (χ0v) is 16.7. The number of para-hydroxylation sites is 1. The highest BCUT2D eigenvalue weighted by molar-refractivity contribution is 7.98. The van der Waals surface area contributed by atoms with E-state index in [1.165, 1.54) is 4.90 Å². The van der Waals surface area contributed by atoms with E-state index in [1.807, 2.05) is 49.7 Å². The van der Waals surface area contributed by atoms with Crippen LogP contribution in [-0.2, 0) is 19.9 Å². The lowest BCUT2D eigenvalue weighted by Gasteiger charge is -2.28. The topological polar surface area (TPSA) is 83.1 Å². The van der Waals surface area contributed by atoms with Crippen LogP contribution in [0.4, 0.5) is 5.69 Å². The monoisotopic (exact) mass is 388 g/mol. The first-order chi connectivity index (χ1) is 13.0. The van der Waals surface area contributed by atoms with E-state index in [9.17, 15) is 14.4 Å². The predicted molar refractivity (Wildman–Crippen MR) is 104 cm³/mol. The number of amides is 3. The van der Waals surface area contributed by atoms with Crippen molar-refractivity contribution in [1.82, 2.24) is 4.90 Å². The Morgan fingerprint density at radius 3 is 2.70 bits per heavy atom. The summed E-state index contributed by atoms with van der Waals surface area (Å²) in [6, 6.07) is 7.35. The zero-order chi connectivity index (χ0) is 19.3. The van der Waals surface area contributed by atoms with Crippen LogP contribution in [0.3, 0.4) is 0 Å². The second-order valence-electron chi connectivity index (χ2n) is 7.79. The Kier molecular flexibility index (Phi) is 4.55. The van der Waals surface area contributed by atoms with Gasteiger partial charge in [-0.05, 0) is 31.4 Å². The second kappa shape index (κ2) is 6.63. The van der Waals surface area contributed by atoms with Crippen LogP contribution >= 0.6 is 11.8 Å². The molecule has 1 spiro atoms. The minimum absolute atomic E-state index is 0.0649. The first-order valence-electron chi connectivity index (χ1n) is 9.60. The zero-order valence-electron chi connectivity index (χ0n) is 15.9. The lowest BCUT2D eigenvalue weighted by Crippen LogP contribution is -2.99. The second-order valence-corrected chi connectivity index (χ2v) is 8.77. The van der Waals surface area contributed by atoms with E-state index in [4.69, 9.17) is 0 Å². The number of quaternary nitrogens is 1. The molecule has 3 amide bonds. The van der Waals surface area contributed by atoms with E-state index in [0.29, 0.717) is 6.42 Å². The Bertz CT molecular complexity index is 813. The Balaban J connectivity index is 1.84. The van der Waals surface area contributed by atoms with Gasteiger partial charge in [0.05, 0.1) is 5.69 Å². The van der Waals surface area contributed by atoms with Crippen molar-refractivity contribution in [2.24, 2.45) is 11.8 Å². The fourth-order valence-electron chi connectivity index (χ4n) is 5.08. The minimum atomic E-state index is -1.03. The molecule has 4 rings (SSSR count). The maximum Gasteiger partial charge on any atom is 0.291 e. The molecule has 0 aliphatic carbocycles. The summed E-state index contributed by atoms with van der Waals surface area (Å²) in [5, 5.41) is 4.97. The summed E-state index contributed by atoms with van der Waals surface area (Å²) in [7, 11) is 0. The van der Waals surface area contributed by atoms with E-state index in [1.54, 1.807) is 11.8 Å². The number of fused-ring (bicyclic) bond motifs is 4. The molecule has 1 aromatic carbocycles. The van der Waals surface area contributed by atoms with Gasteiger partial charge in [-0.25, -0.2) is 0 Å². The molecule has 3 heterocycles. The van der Waals surface area contributed by atoms with E-state index in [-0.39, 0.29) is 29.8 Å². The van der Waals surface area contributed by atoms with Crippen molar-refractivity contribution in [2.45, 2.75) is 44.3 Å². The van der Waals surface area contributed by atoms with Gasteiger partial charge in [0.1, 0.15) is 17.9 Å². The number of carbonyl (C=O) groups is 3. The molecule has 27 heavy (non-hydrogen) atoms. The van der Waals surface area contributed by atoms with Gasteiger partial charge in [-0.15, -0.1) is 0 Å². The Labute approximate surface area is 163 Å². The number of anilines is 1. The number of hydrogen-bond donors (Lipinski definition) is 2. The summed E-state index contributed by atoms with van der Waals surface area (Å²) in [5.74, 6) is -0.624. The maximum atomic E-state index is 13.4. The molecule has 2 fully saturated rings. The third-order valence-electron chi connectivity index (χ3n) is 6.50. The third kappa shape index (κ3) is 2.41. The van der Waals surface area contributed by atoms with Crippen LogP contribution in [0.2, 0.25) is 0 Å². The summed E-state index contributed by atoms with van der Waals surface area (Å²) in [6.45, 7) is 3.89. The summed E-state index contributed by atoms with van der Waals surface area (Å²) in [4.78, 5) is 41.3. The van der Waals surface area contributed by atoms with Gasteiger partial charge < -0.3 is 10.6 Å². The van der Waals surface area contributed by atoms with Gasteiger partial charge in [0.15, 0.2) is 0 Å². The van der Waals surface area contributed by atoms with Crippen molar-refractivity contribution >= 4 is 35.2 Å². The van der Waals surface area contributed by atoms with Gasteiger partial charge in [-0.2, -0.15) is 11.8 Å². The number of nitrogens with zero attached hydrogens (tertiary/aromatic N) is 1. The smallest absolute Gasteiger partial charge is 0.291 e. The molecule has 7 heteroatoms. The van der Waals surface area contributed by atoms with E-state index < -0.39 is 17.4 Å². The van der Waals surface area contributed by atoms with Gasteiger partial charge in [0, 0.05) is 18.0 Å². The number of nitrogens with one attached hydrogen (secondary N) is 1. The summed E-state index contributed by atoms with van der Waals surface area (Å²) in [6.07, 6.45) is 3.55. The summed E-state index contributed by atoms with van der Waals surface area (Å²) >= 11 is 1.72. The Morgan fingerprint density at radius 2 is 2.00 bits per heavy atom. The number of rotatable bonds is 5. The van der Waals surface area contributed by atoms with Gasteiger partial charge in [0.25, 0.3) is 5.91 Å². The first-order valence-corrected chi connectivity index (χ1v) is 11.0. The number of hydrogen-bond acceptors (Lipinski definition) is 4. The largest absolute Gasteiger partial charge is 0.326 e. The molecule has 3 aliphatic rings. The standard InChI is InChI=1S/C20H25N3O3S/c1-4-11(2)23-17(24)15-14(9-10-27-3)22-20(16(15)18(23)25)12-7-5-6-8-13(12)21-19(20)26/h5-8,11,14-16,22H,4,9-10H2,1-3H3,(H,21,26)/p+1/t11-,14+,15-,16+,20-/m1/s1. The molecule has 0 bridgehead atoms. The lowest BCUT2D eigenvalue weighted by atomic mass is 9.76. The van der Waals surface area contributed by atoms with Gasteiger partial charge in [0.2, 0.25) is 17.4 Å². The van der Waals surface area contributed by atoms with Crippen LogP contribution in [-0.4, -0.2) is 46.7 Å². The first kappa shape index (κ1) is 18.5. The number of imide groups is 1. The van der Waals surface area contributed by atoms with Crippen molar-refractivity contribution in [3.05, 3.63) is 29.8 Å². The lowest BCUT2D eigenvalue weighted by molar-refractivity contribution is -0.733. The third-order valence-corrected chi connectivity index (χ3v) is 7.14. The molecule has 1 aromatic rings. The Hall–Kier alpha value is -1.86. The molecule has 2 saturated heterocycles. The molecule has 0 radical (unpaired) electrons. The van der Waals surface area contributed by atoms with Crippen LogP contribution in [0.1, 0.15) is 32.3 Å². The van der Waals surface area contributed by atoms with Crippen LogP contribution in [0.5, 0.6) is 0 Å². The minimum Gasteiger partial charge on any atom is -0.326 e. The molecule has 0 aromatic heterocycles. The van der Waals surface area contributed by atoms with Crippen LogP contribution in [0.25, 0.3) is 0 Å². The van der Waals surface area contributed by atoms with Crippen LogP contribution in [0, 0.1) is 11.8 Å². The Morgan fingerprint density at radius 1 is 1.26 bits per heavy atom. The van der Waals surface area contributed by atoms with E-state index in [2.05, 4.69) is 5.32 Å². The fraction of sp³-hybridized carbons (Fsp3) is 0.550. The number of nitrogens with two attached hydrogens (primary N) is 1. The molecule has 6 nitrogen and oxygen atoms in total. The van der Waals surface area contributed by atoms with Gasteiger partial charge in [-0.1, -0.05) is 25.1 Å². The number of carbonyl (C=O) groups excluding carboxylic acids is 3. The van der Waals surface area contributed by atoms with Gasteiger partial charge in [-0.3, -0.25) is 19.3 Å². The highest BCUT2D eigenvalue weighted by atomic mass is 32.2. The average Bonchev–Trinajstić information content (AvgIpc) is 3.24. The summed E-state index contributed by atoms with van der Waals surface area (Å²) in [5.41, 5.74) is 0.563. The van der Waals surface area contributed by atoms with Crippen molar-refractivity contribution < 1.29 is 19.7 Å². The van der Waals surface area contributed by atoms with Crippen LogP contribution in [0.15, 0.2) is 24.3 Å². The van der Waals surface area contributed by atoms with Crippen LogP contribution < -0.4 is 10.6 Å². The molecule has 5 atom stereocenters. The fourth-order valence-corrected chi connectivity index (χ4v) is 5.59. The van der Waals surface area contributed by atoms with Crippen molar-refractivity contribution in [1.29, 1.82) is 0 Å². The molecule has 144 valence electrons. The van der Waals surface area contributed by atoms with Crippen molar-refractivity contribution in [3.63, 3.8) is 0 Å². The van der Waals surface area contributed by atoms with Gasteiger partial charge >= 0.3 is 0 Å². The van der Waals surface area contributed by atoms with E-state index in [0.717, 1.165) is 23.4 Å². The normalized spacial score (nSPS) is 32.8. The highest BCUT2D eigenvalue weighted by Crippen LogP contribution is 2.49. The van der Waals surface area contributed by atoms with E-state index >= 15 is 0 Å². The average molecular weight is 389 g/mol. The molecular weight excluding hydrogens is 362 g/mol. The molecule has 0 saturated carbocycles. The number of thioether (sulfide) groups is 1. The predicted octanol–water partition coefficient (Wildman–Crippen LogP) is 0.932. The highest BCUT2D eigenvalue weighted by Gasteiger charge is 2.74. The number of likely N-dealkylation sites (tertiary alicyclic amines) is 1. The summed E-state index contributed by atoms with van der Waals surface area (Å²) < 4.78 is 0. The molecule has 3 aliphatic heterocycles. The maximum absolute atomic E-state index is 13.4. The van der Waals surface area contributed by atoms with Crippen molar-refractivity contribution in [2.75, 3.05) is 17.3 Å². The number of benzene rings is 1. The SMILES string of the molecule is CC[C@@H](C)N1C(=O)[C@@H]2[C@H](CCSC)[NH2+][C@@]3(C(=O)Nc4ccccc43)[C@@H]2C1=O. The molecule has 0 unspecified atom stereocenters. The molecular formula is C20H26N3O3S+. The molecule has 3 N–H and O–H groups in total.